The van der Waals surface area contributed by atoms with Crippen LogP contribution in [-0.2, 0) is 6.54 Å². The van der Waals surface area contributed by atoms with Gasteiger partial charge >= 0.3 is 0 Å². The number of anilines is 3. The summed E-state index contributed by atoms with van der Waals surface area (Å²) in [5.41, 5.74) is 21.6. The van der Waals surface area contributed by atoms with E-state index < -0.39 is 0 Å². The second kappa shape index (κ2) is 5.30. The first kappa shape index (κ1) is 14.9. The minimum absolute atomic E-state index is 0.182. The minimum atomic E-state index is 0.182. The maximum Gasteiger partial charge on any atom is 0.222 e. The Bertz CT molecular complexity index is 1300. The molecule has 0 unspecified atom stereocenters. The molecule has 0 aliphatic carbocycles. The van der Waals surface area contributed by atoms with Crippen molar-refractivity contribution in [1.82, 2.24) is 19.5 Å². The molecule has 3 heterocycles. The van der Waals surface area contributed by atoms with Gasteiger partial charge < -0.3 is 21.8 Å². The molecule has 26 heavy (non-hydrogen) atoms. The third kappa shape index (κ3) is 2.16. The lowest BCUT2D eigenvalue weighted by Gasteiger charge is -2.08. The van der Waals surface area contributed by atoms with E-state index in [0.29, 0.717) is 17.5 Å². The van der Waals surface area contributed by atoms with Gasteiger partial charge in [0.15, 0.2) is 5.13 Å². The Morgan fingerprint density at radius 2 is 1.85 bits per heavy atom. The van der Waals surface area contributed by atoms with Crippen LogP contribution in [0.2, 0.25) is 0 Å². The van der Waals surface area contributed by atoms with E-state index >= 15 is 0 Å². The third-order valence-corrected chi connectivity index (χ3v) is 5.37. The summed E-state index contributed by atoms with van der Waals surface area (Å²) >= 11 is 1.50. The quantitative estimate of drug-likeness (QED) is 0.444. The molecule has 0 spiro atoms. The number of aromatic nitrogens is 4. The molecule has 0 saturated heterocycles. The molecule has 0 saturated carbocycles. The smallest absolute Gasteiger partial charge is 0.222 e. The highest BCUT2D eigenvalue weighted by atomic mass is 32.1. The second-order valence-corrected chi connectivity index (χ2v) is 7.18. The Balaban J connectivity index is 1.69. The minimum Gasteiger partial charge on any atom is -0.383 e. The average Bonchev–Trinajstić information content (AvgIpc) is 3.17. The summed E-state index contributed by atoms with van der Waals surface area (Å²) in [6.45, 7) is 0.686. The molecule has 128 valence electrons. The highest BCUT2D eigenvalue weighted by Crippen LogP contribution is 2.31. The number of nitrogens with two attached hydrogens (primary N) is 3. The van der Waals surface area contributed by atoms with E-state index in [2.05, 4.69) is 25.6 Å². The van der Waals surface area contributed by atoms with Crippen LogP contribution >= 0.6 is 11.3 Å². The van der Waals surface area contributed by atoms with Crippen molar-refractivity contribution in [3.63, 3.8) is 0 Å². The summed E-state index contributed by atoms with van der Waals surface area (Å²) in [5, 5.41) is 2.41. The summed E-state index contributed by atoms with van der Waals surface area (Å²) in [4.78, 5) is 12.9. The van der Waals surface area contributed by atoms with Gasteiger partial charge in [-0.1, -0.05) is 23.5 Å². The second-order valence-electron chi connectivity index (χ2n) is 6.12. The van der Waals surface area contributed by atoms with E-state index in [4.69, 9.17) is 17.2 Å². The maximum atomic E-state index is 6.10. The van der Waals surface area contributed by atoms with Crippen LogP contribution in [0.25, 0.3) is 32.0 Å². The zero-order chi connectivity index (χ0) is 17.8. The standard InChI is InChI=1S/C18H15N7S/c19-16-14-10-6-7-25(12(10)5-4-11(14)22-17(20)24-16)8-9-2-1-3-13-15(9)23-18(21)26-13/h1-7H,8H2,(H2,21,23)(H4,19,20,22,24). The molecule has 0 bridgehead atoms. The van der Waals surface area contributed by atoms with Crippen molar-refractivity contribution >= 4 is 60.3 Å². The molecule has 7 nitrogen and oxygen atoms in total. The van der Waals surface area contributed by atoms with Crippen LogP contribution in [0.3, 0.4) is 0 Å². The van der Waals surface area contributed by atoms with E-state index in [1.807, 2.05) is 36.5 Å². The fourth-order valence-corrected chi connectivity index (χ4v) is 4.21. The van der Waals surface area contributed by atoms with Gasteiger partial charge in [0, 0.05) is 23.6 Å². The van der Waals surface area contributed by atoms with Crippen LogP contribution in [0, 0.1) is 0 Å². The van der Waals surface area contributed by atoms with Gasteiger partial charge in [-0.25, -0.2) is 9.97 Å². The molecule has 0 aliphatic heterocycles. The topological polar surface area (TPSA) is 122 Å². The number of hydrogen-bond acceptors (Lipinski definition) is 7. The molecule has 0 fully saturated rings. The Morgan fingerprint density at radius 3 is 2.73 bits per heavy atom. The Labute approximate surface area is 152 Å². The SMILES string of the molecule is Nc1nc(N)c2c(ccc3c2ccn3Cc2cccc3sc(N)nc23)n1. The van der Waals surface area contributed by atoms with Gasteiger partial charge in [-0.05, 0) is 29.8 Å². The number of benzene rings is 2. The van der Waals surface area contributed by atoms with E-state index in [0.717, 1.165) is 37.6 Å². The molecule has 5 aromatic rings. The molecule has 0 radical (unpaired) electrons. The lowest BCUT2D eigenvalue weighted by atomic mass is 10.1. The van der Waals surface area contributed by atoms with Crippen LogP contribution in [0.5, 0.6) is 0 Å². The van der Waals surface area contributed by atoms with Gasteiger partial charge in [-0.2, -0.15) is 4.98 Å². The van der Waals surface area contributed by atoms with E-state index in [1.165, 1.54) is 11.3 Å². The molecular formula is C18H15N7S. The summed E-state index contributed by atoms with van der Waals surface area (Å²) in [6, 6.07) is 12.1. The molecule has 5 rings (SSSR count). The molecule has 0 atom stereocenters. The Kier molecular flexibility index (Phi) is 3.04. The van der Waals surface area contributed by atoms with Crippen molar-refractivity contribution in [2.24, 2.45) is 0 Å². The highest BCUT2D eigenvalue weighted by molar-refractivity contribution is 7.22. The van der Waals surface area contributed by atoms with Crippen LogP contribution in [0.4, 0.5) is 16.9 Å². The average molecular weight is 361 g/mol. The Morgan fingerprint density at radius 1 is 0.962 bits per heavy atom. The largest absolute Gasteiger partial charge is 0.383 e. The van der Waals surface area contributed by atoms with Crippen molar-refractivity contribution in [3.05, 3.63) is 48.2 Å². The van der Waals surface area contributed by atoms with Gasteiger partial charge in [0.05, 0.1) is 21.1 Å². The molecule has 6 N–H and O–H groups in total. The zero-order valence-electron chi connectivity index (χ0n) is 13.7. The van der Waals surface area contributed by atoms with Gasteiger partial charge in [-0.3, -0.25) is 0 Å². The van der Waals surface area contributed by atoms with Gasteiger partial charge in [0.25, 0.3) is 0 Å². The number of nitrogen functional groups attached to an aromatic ring is 3. The van der Waals surface area contributed by atoms with Crippen molar-refractivity contribution in [1.29, 1.82) is 0 Å². The maximum absolute atomic E-state index is 6.10. The number of thiazole rings is 1. The van der Waals surface area contributed by atoms with Crippen molar-refractivity contribution in [2.45, 2.75) is 6.54 Å². The summed E-state index contributed by atoms with van der Waals surface area (Å²) in [7, 11) is 0. The van der Waals surface area contributed by atoms with Crippen molar-refractivity contribution in [2.75, 3.05) is 17.2 Å². The number of fused-ring (bicyclic) bond motifs is 4. The van der Waals surface area contributed by atoms with Crippen LogP contribution < -0.4 is 17.2 Å². The first-order valence-corrected chi connectivity index (χ1v) is 8.86. The fraction of sp³-hybridized carbons (Fsp3) is 0.0556. The molecule has 0 amide bonds. The van der Waals surface area contributed by atoms with Crippen LogP contribution in [-0.4, -0.2) is 19.5 Å². The molecule has 2 aromatic carbocycles. The van der Waals surface area contributed by atoms with Crippen LogP contribution in [0.15, 0.2) is 42.6 Å². The van der Waals surface area contributed by atoms with Gasteiger partial charge in [-0.15, -0.1) is 0 Å². The summed E-state index contributed by atoms with van der Waals surface area (Å²) in [5.74, 6) is 0.576. The lowest BCUT2D eigenvalue weighted by molar-refractivity contribution is 0.842. The number of para-hydroxylation sites is 1. The van der Waals surface area contributed by atoms with E-state index in [9.17, 15) is 0 Å². The molecule has 0 aliphatic rings. The van der Waals surface area contributed by atoms with E-state index in [1.54, 1.807) is 0 Å². The number of hydrogen-bond donors (Lipinski definition) is 3. The number of nitrogens with zero attached hydrogens (tertiary/aromatic N) is 4. The first-order valence-electron chi connectivity index (χ1n) is 8.04. The van der Waals surface area contributed by atoms with Crippen molar-refractivity contribution in [3.8, 4) is 0 Å². The normalized spacial score (nSPS) is 11.7. The number of rotatable bonds is 2. The van der Waals surface area contributed by atoms with Crippen molar-refractivity contribution < 1.29 is 0 Å². The zero-order valence-corrected chi connectivity index (χ0v) is 14.5. The van der Waals surface area contributed by atoms with Gasteiger partial charge in [0.2, 0.25) is 5.95 Å². The molecule has 8 heteroatoms. The lowest BCUT2D eigenvalue weighted by Crippen LogP contribution is -2.01. The van der Waals surface area contributed by atoms with E-state index in [-0.39, 0.29) is 5.95 Å². The molecular weight excluding hydrogens is 346 g/mol. The summed E-state index contributed by atoms with van der Waals surface area (Å²) in [6.07, 6.45) is 2.04. The molecule has 3 aromatic heterocycles. The first-order chi connectivity index (χ1) is 12.6. The predicted molar refractivity (Wildman–Crippen MR) is 107 cm³/mol. The van der Waals surface area contributed by atoms with Crippen LogP contribution in [0.1, 0.15) is 5.56 Å². The predicted octanol–water partition coefficient (Wildman–Crippen LogP) is 2.99. The van der Waals surface area contributed by atoms with Gasteiger partial charge in [0.1, 0.15) is 5.82 Å². The monoisotopic (exact) mass is 361 g/mol. The highest BCUT2D eigenvalue weighted by Gasteiger charge is 2.12. The summed E-state index contributed by atoms with van der Waals surface area (Å²) < 4.78 is 3.25. The fourth-order valence-electron chi connectivity index (χ4n) is 3.42. The Hall–Kier alpha value is -3.39. The third-order valence-electron chi connectivity index (χ3n) is 4.52.